The van der Waals surface area contributed by atoms with Crippen molar-refractivity contribution in [1.29, 1.82) is 5.26 Å². The molecule has 3 amide bonds. The first-order chi connectivity index (χ1) is 20.1. The summed E-state index contributed by atoms with van der Waals surface area (Å²) >= 11 is 1.26. The van der Waals surface area contributed by atoms with Crippen molar-refractivity contribution in [1.82, 2.24) is 9.88 Å². The minimum atomic E-state index is -0.836. The number of thioether (sulfide) groups is 1. The third-order valence-electron chi connectivity index (χ3n) is 9.07. The van der Waals surface area contributed by atoms with E-state index < -0.39 is 6.04 Å². The number of pyridine rings is 1. The summed E-state index contributed by atoms with van der Waals surface area (Å²) in [7, 11) is 1.56. The number of rotatable bonds is 7. The lowest BCUT2D eigenvalue weighted by Crippen LogP contribution is -2.52. The third-order valence-corrected chi connectivity index (χ3v) is 10.1. The number of carbonyl (C=O) groups excluding carboxylic acids is 3. The highest BCUT2D eigenvalue weighted by molar-refractivity contribution is 8.00. The van der Waals surface area contributed by atoms with Crippen LogP contribution in [0.25, 0.3) is 0 Å². The van der Waals surface area contributed by atoms with Gasteiger partial charge in [-0.25, -0.2) is 9.88 Å². The Labute approximate surface area is 252 Å². The smallest absolute Gasteiger partial charge is 0.257 e. The molecule has 2 heterocycles. The van der Waals surface area contributed by atoms with Crippen molar-refractivity contribution in [2.75, 3.05) is 17.8 Å². The molecule has 0 radical (unpaired) electrons. The number of ether oxygens (including phenoxy) is 1. The van der Waals surface area contributed by atoms with E-state index in [9.17, 15) is 19.6 Å². The molecule has 3 aliphatic rings. The summed E-state index contributed by atoms with van der Waals surface area (Å²) < 4.78 is 5.22. The summed E-state index contributed by atoms with van der Waals surface area (Å²) in [6, 6.07) is 10.1. The molecular weight excluding hydrogens is 548 g/mol. The van der Waals surface area contributed by atoms with Gasteiger partial charge in [0.25, 0.3) is 5.91 Å². The molecule has 2 aliphatic carbocycles. The van der Waals surface area contributed by atoms with E-state index in [1.807, 2.05) is 6.07 Å². The Morgan fingerprint density at radius 3 is 2.48 bits per heavy atom. The molecular formula is C33H40N4O4S. The minimum Gasteiger partial charge on any atom is -0.497 e. The quantitative estimate of drug-likeness (QED) is 0.302. The highest BCUT2D eigenvalue weighted by Gasteiger charge is 2.46. The number of anilines is 1. The summed E-state index contributed by atoms with van der Waals surface area (Å²) in [5.41, 5.74) is 3.30. The highest BCUT2D eigenvalue weighted by Crippen LogP contribution is 2.38. The molecule has 5 rings (SSSR count). The van der Waals surface area contributed by atoms with Crippen molar-refractivity contribution in [2.24, 2.45) is 11.3 Å². The summed E-state index contributed by atoms with van der Waals surface area (Å²) in [4.78, 5) is 48.5. The van der Waals surface area contributed by atoms with Gasteiger partial charge < -0.3 is 9.64 Å². The van der Waals surface area contributed by atoms with E-state index in [1.54, 1.807) is 36.3 Å². The number of nitriles is 1. The number of imide groups is 1. The van der Waals surface area contributed by atoms with Gasteiger partial charge in [0.05, 0.1) is 30.5 Å². The van der Waals surface area contributed by atoms with Gasteiger partial charge >= 0.3 is 0 Å². The van der Waals surface area contributed by atoms with E-state index in [1.165, 1.54) is 16.7 Å². The summed E-state index contributed by atoms with van der Waals surface area (Å²) in [5.74, 6) is 0.354. The first-order valence-electron chi connectivity index (χ1n) is 15.0. The van der Waals surface area contributed by atoms with Crippen LogP contribution < -0.4 is 9.64 Å². The molecule has 1 aliphatic heterocycles. The molecule has 2 fully saturated rings. The molecule has 9 heteroatoms. The Morgan fingerprint density at radius 1 is 1.12 bits per heavy atom. The molecule has 1 saturated heterocycles. The van der Waals surface area contributed by atoms with Crippen LogP contribution in [0.5, 0.6) is 5.75 Å². The van der Waals surface area contributed by atoms with Gasteiger partial charge in [-0.05, 0) is 79.3 Å². The number of amides is 3. The first kappa shape index (κ1) is 30.1. The number of carbonyl (C=O) groups is 3. The van der Waals surface area contributed by atoms with Crippen LogP contribution in [0.3, 0.4) is 0 Å². The number of aryl methyl sites for hydroxylation is 1. The van der Waals surface area contributed by atoms with Gasteiger partial charge in [-0.2, -0.15) is 5.26 Å². The predicted octanol–water partition coefficient (Wildman–Crippen LogP) is 5.70. The maximum absolute atomic E-state index is 13.9. The molecule has 42 heavy (non-hydrogen) atoms. The minimum absolute atomic E-state index is 0.0345. The number of aromatic nitrogens is 1. The van der Waals surface area contributed by atoms with Gasteiger partial charge in [0.2, 0.25) is 11.8 Å². The Bertz CT molecular complexity index is 1390. The Balaban J connectivity index is 1.35. The molecule has 2 unspecified atom stereocenters. The SMILES string of the molecule is COc1ccc(N2C(=O)CC(N(C(=O)CSc3nc4c(cc3C#N)CC(C(C)(C)C)CC4)C3CCCCC3)C2=O)cc1. The summed E-state index contributed by atoms with van der Waals surface area (Å²) in [6.45, 7) is 6.77. The van der Waals surface area contributed by atoms with E-state index in [-0.39, 0.29) is 41.4 Å². The molecule has 1 saturated carbocycles. The zero-order valence-corrected chi connectivity index (χ0v) is 25.8. The number of benzene rings is 1. The lowest BCUT2D eigenvalue weighted by Gasteiger charge is -2.37. The normalized spacial score (nSPS) is 21.2. The maximum Gasteiger partial charge on any atom is 0.257 e. The molecule has 8 nitrogen and oxygen atoms in total. The zero-order chi connectivity index (χ0) is 30.0. The summed E-state index contributed by atoms with van der Waals surface area (Å²) in [5, 5.41) is 10.5. The Kier molecular flexibility index (Phi) is 8.93. The van der Waals surface area contributed by atoms with Crippen LogP contribution in [0.15, 0.2) is 35.4 Å². The van der Waals surface area contributed by atoms with Gasteiger partial charge in [-0.15, -0.1) is 0 Å². The third kappa shape index (κ3) is 6.19. The van der Waals surface area contributed by atoms with E-state index in [0.29, 0.717) is 27.9 Å². The largest absolute Gasteiger partial charge is 0.497 e. The Morgan fingerprint density at radius 2 is 1.83 bits per heavy atom. The second-order valence-electron chi connectivity index (χ2n) is 12.7. The van der Waals surface area contributed by atoms with Gasteiger partial charge in [-0.1, -0.05) is 51.8 Å². The van der Waals surface area contributed by atoms with Crippen LogP contribution in [0.4, 0.5) is 5.69 Å². The Hall–Kier alpha value is -3.38. The second-order valence-corrected chi connectivity index (χ2v) is 13.7. The predicted molar refractivity (Wildman–Crippen MR) is 162 cm³/mol. The maximum atomic E-state index is 13.9. The molecule has 0 bridgehead atoms. The van der Waals surface area contributed by atoms with E-state index in [2.05, 4.69) is 26.8 Å². The zero-order valence-electron chi connectivity index (χ0n) is 25.0. The van der Waals surface area contributed by atoms with E-state index in [4.69, 9.17) is 9.72 Å². The van der Waals surface area contributed by atoms with Crippen molar-refractivity contribution < 1.29 is 19.1 Å². The average molecular weight is 589 g/mol. The van der Waals surface area contributed by atoms with Gasteiger partial charge in [0.1, 0.15) is 22.9 Å². The lowest BCUT2D eigenvalue weighted by atomic mass is 9.71. The van der Waals surface area contributed by atoms with Gasteiger partial charge in [-0.3, -0.25) is 14.4 Å². The number of hydrogen-bond donors (Lipinski definition) is 0. The van der Waals surface area contributed by atoms with Crippen LogP contribution in [0, 0.1) is 22.7 Å². The van der Waals surface area contributed by atoms with Crippen LogP contribution in [-0.4, -0.2) is 52.6 Å². The number of methoxy groups -OCH3 is 1. The van der Waals surface area contributed by atoms with Crippen molar-refractivity contribution in [3.05, 3.63) is 47.2 Å². The molecule has 1 aromatic heterocycles. The van der Waals surface area contributed by atoms with Crippen molar-refractivity contribution in [3.63, 3.8) is 0 Å². The van der Waals surface area contributed by atoms with Gasteiger partial charge in [0, 0.05) is 11.7 Å². The highest BCUT2D eigenvalue weighted by atomic mass is 32.2. The molecule has 0 N–H and O–H groups in total. The van der Waals surface area contributed by atoms with Crippen molar-refractivity contribution >= 4 is 35.2 Å². The van der Waals surface area contributed by atoms with Gasteiger partial charge in [0.15, 0.2) is 0 Å². The lowest BCUT2D eigenvalue weighted by molar-refractivity contribution is -0.139. The molecule has 0 spiro atoms. The van der Waals surface area contributed by atoms with Crippen LogP contribution in [-0.2, 0) is 27.2 Å². The molecule has 222 valence electrons. The van der Waals surface area contributed by atoms with Crippen LogP contribution >= 0.6 is 11.8 Å². The van der Waals surface area contributed by atoms with Crippen LogP contribution in [0.2, 0.25) is 0 Å². The fraction of sp³-hybridized carbons (Fsp3) is 0.545. The molecule has 2 aromatic rings. The summed E-state index contributed by atoms with van der Waals surface area (Å²) in [6.07, 6.45) is 7.48. The topological polar surface area (TPSA) is 104 Å². The molecule has 1 aromatic carbocycles. The van der Waals surface area contributed by atoms with E-state index >= 15 is 0 Å². The van der Waals surface area contributed by atoms with Crippen LogP contribution in [0.1, 0.15) is 82.5 Å². The average Bonchev–Trinajstić information content (AvgIpc) is 3.28. The standard InChI is InChI=1S/C33H40N4O4S/c1-33(2,3)23-10-15-27-21(17-23)16-22(19-34)31(35-27)42-20-30(39)36(24-8-6-5-7-9-24)28-18-29(38)37(32(28)40)25-11-13-26(41-4)14-12-25/h11-14,16,23-24,28H,5-10,15,17-18,20H2,1-4H3. The second kappa shape index (κ2) is 12.5. The number of nitrogens with zero attached hydrogens (tertiary/aromatic N) is 4. The van der Waals surface area contributed by atoms with E-state index in [0.717, 1.165) is 62.6 Å². The van der Waals surface area contributed by atoms with Crippen molar-refractivity contribution in [3.8, 4) is 11.8 Å². The fourth-order valence-electron chi connectivity index (χ4n) is 6.61. The van der Waals surface area contributed by atoms with Crippen molar-refractivity contribution in [2.45, 2.75) is 95.7 Å². The number of fused-ring (bicyclic) bond motifs is 1. The fourth-order valence-corrected chi connectivity index (χ4v) is 7.45. The molecule has 2 atom stereocenters. The monoisotopic (exact) mass is 588 g/mol. The number of hydrogen-bond acceptors (Lipinski definition) is 7. The first-order valence-corrected chi connectivity index (χ1v) is 16.0.